The number of halogens is 1. The number of fused-ring (bicyclic) bond motifs is 1. The highest BCUT2D eigenvalue weighted by Crippen LogP contribution is 2.36. The molecule has 0 spiro atoms. The number of nitro groups is 1. The van der Waals surface area contributed by atoms with Crippen molar-refractivity contribution < 1.29 is 18.8 Å². The van der Waals surface area contributed by atoms with Crippen LogP contribution in [0, 0.1) is 10.1 Å². The average molecular weight is 450 g/mol. The fraction of sp³-hybridized carbons (Fsp3) is 0.176. The van der Waals surface area contributed by atoms with Gasteiger partial charge in [0, 0.05) is 39.0 Å². The van der Waals surface area contributed by atoms with Gasteiger partial charge in [0.2, 0.25) is 5.89 Å². The van der Waals surface area contributed by atoms with Crippen molar-refractivity contribution in [2.24, 2.45) is 0 Å². The third-order valence-electron chi connectivity index (χ3n) is 3.81. The Hall–Kier alpha value is -2.43. The monoisotopic (exact) mass is 449 g/mol. The molecule has 0 unspecified atom stereocenters. The van der Waals surface area contributed by atoms with Gasteiger partial charge >= 0.3 is 0 Å². The smallest absolute Gasteiger partial charge is 0.277 e. The average Bonchev–Trinajstić information content (AvgIpc) is 3.15. The Kier molecular flexibility index (Phi) is 5.10. The lowest BCUT2D eigenvalue weighted by molar-refractivity contribution is -0.385. The predicted octanol–water partition coefficient (Wildman–Crippen LogP) is 4.57. The Morgan fingerprint density at radius 2 is 2.15 bits per heavy atom. The maximum absolute atomic E-state index is 11.2. The number of benzene rings is 2. The van der Waals surface area contributed by atoms with Crippen LogP contribution >= 0.6 is 27.7 Å². The summed E-state index contributed by atoms with van der Waals surface area (Å²) in [5.74, 6) is 1.42. The van der Waals surface area contributed by atoms with Crippen molar-refractivity contribution in [2.75, 3.05) is 6.79 Å². The van der Waals surface area contributed by atoms with E-state index in [9.17, 15) is 10.1 Å². The molecule has 0 bridgehead atoms. The fourth-order valence-corrected chi connectivity index (χ4v) is 3.77. The second kappa shape index (κ2) is 7.67. The van der Waals surface area contributed by atoms with Gasteiger partial charge < -0.3 is 13.9 Å². The summed E-state index contributed by atoms with van der Waals surface area (Å²) in [5, 5.41) is 19.6. The molecule has 8 nitrogen and oxygen atoms in total. The minimum Gasteiger partial charge on any atom is -0.467 e. The molecule has 0 saturated heterocycles. The highest BCUT2D eigenvalue weighted by atomic mass is 79.9. The molecule has 10 heteroatoms. The molecule has 0 atom stereocenters. The molecule has 0 aliphatic carbocycles. The van der Waals surface area contributed by atoms with Crippen molar-refractivity contribution >= 4 is 33.4 Å². The van der Waals surface area contributed by atoms with E-state index in [0.717, 1.165) is 10.0 Å². The molecule has 4 rings (SSSR count). The number of rotatable bonds is 5. The molecule has 0 N–H and O–H groups in total. The van der Waals surface area contributed by atoms with Gasteiger partial charge in [0.15, 0.2) is 6.79 Å². The van der Waals surface area contributed by atoms with Gasteiger partial charge in [-0.1, -0.05) is 33.8 Å². The number of hydrogen-bond acceptors (Lipinski definition) is 8. The lowest BCUT2D eigenvalue weighted by Crippen LogP contribution is -2.13. The molecule has 3 aromatic rings. The van der Waals surface area contributed by atoms with Crippen LogP contribution in [-0.4, -0.2) is 21.9 Å². The molecule has 1 aromatic heterocycles. The van der Waals surface area contributed by atoms with Crippen LogP contribution in [0.5, 0.6) is 5.75 Å². The van der Waals surface area contributed by atoms with Gasteiger partial charge in [-0.2, -0.15) is 0 Å². The summed E-state index contributed by atoms with van der Waals surface area (Å²) in [4.78, 5) is 10.7. The molecule has 27 heavy (non-hydrogen) atoms. The van der Waals surface area contributed by atoms with Crippen LogP contribution in [0.1, 0.15) is 11.1 Å². The van der Waals surface area contributed by atoms with E-state index in [1.165, 1.54) is 23.9 Å². The third kappa shape index (κ3) is 3.97. The first kappa shape index (κ1) is 18.0. The van der Waals surface area contributed by atoms with Crippen LogP contribution in [0.4, 0.5) is 5.69 Å². The first-order valence-electron chi connectivity index (χ1n) is 7.83. The fourth-order valence-electron chi connectivity index (χ4n) is 2.64. The molecule has 2 heterocycles. The van der Waals surface area contributed by atoms with Crippen LogP contribution in [0.15, 0.2) is 50.5 Å². The Morgan fingerprint density at radius 1 is 1.26 bits per heavy atom. The summed E-state index contributed by atoms with van der Waals surface area (Å²) >= 11 is 4.70. The lowest BCUT2D eigenvalue weighted by atomic mass is 10.1. The minimum atomic E-state index is -0.429. The third-order valence-corrected chi connectivity index (χ3v) is 5.17. The Bertz CT molecular complexity index is 1010. The summed E-state index contributed by atoms with van der Waals surface area (Å²) in [6, 6.07) is 10.5. The van der Waals surface area contributed by atoms with E-state index in [0.29, 0.717) is 33.7 Å². The van der Waals surface area contributed by atoms with E-state index >= 15 is 0 Å². The van der Waals surface area contributed by atoms with Crippen molar-refractivity contribution in [1.29, 1.82) is 0 Å². The molecule has 0 saturated carbocycles. The van der Waals surface area contributed by atoms with Crippen LogP contribution < -0.4 is 4.74 Å². The zero-order valence-corrected chi connectivity index (χ0v) is 16.2. The van der Waals surface area contributed by atoms with E-state index in [-0.39, 0.29) is 19.1 Å². The van der Waals surface area contributed by atoms with Gasteiger partial charge in [0.05, 0.1) is 11.5 Å². The molecular weight excluding hydrogens is 438 g/mol. The molecule has 0 fully saturated rings. The Morgan fingerprint density at radius 3 is 2.96 bits per heavy atom. The summed E-state index contributed by atoms with van der Waals surface area (Å²) < 4.78 is 17.4. The van der Waals surface area contributed by atoms with Crippen LogP contribution in [0.3, 0.4) is 0 Å². The highest BCUT2D eigenvalue weighted by molar-refractivity contribution is 9.10. The zero-order valence-electron chi connectivity index (χ0n) is 13.8. The number of non-ortho nitro benzene ring substituents is 1. The number of nitro benzene ring substituents is 1. The summed E-state index contributed by atoms with van der Waals surface area (Å²) in [6.45, 7) is 0.401. The normalized spacial score (nSPS) is 13.1. The quantitative estimate of drug-likeness (QED) is 0.317. The largest absolute Gasteiger partial charge is 0.467 e. The van der Waals surface area contributed by atoms with Crippen molar-refractivity contribution in [1.82, 2.24) is 10.2 Å². The SMILES string of the molecule is O=[N+]([O-])c1cc2c(c(CSc3nnc(-c4cccc(Br)c4)o3)c1)OCOC2. The summed E-state index contributed by atoms with van der Waals surface area (Å²) in [5.41, 5.74) is 2.15. The van der Waals surface area contributed by atoms with Gasteiger partial charge in [-0.05, 0) is 18.2 Å². The van der Waals surface area contributed by atoms with E-state index in [2.05, 4.69) is 26.1 Å². The number of ether oxygens (including phenoxy) is 2. The van der Waals surface area contributed by atoms with Gasteiger partial charge in [0.1, 0.15) is 5.75 Å². The maximum Gasteiger partial charge on any atom is 0.277 e. The van der Waals surface area contributed by atoms with Crippen LogP contribution in [-0.2, 0) is 17.1 Å². The Labute approximate surface area is 166 Å². The molecule has 1 aliphatic rings. The number of hydrogen-bond donors (Lipinski definition) is 0. The first-order chi connectivity index (χ1) is 13.1. The van der Waals surface area contributed by atoms with Gasteiger partial charge in [0.25, 0.3) is 10.9 Å². The first-order valence-corrected chi connectivity index (χ1v) is 9.61. The highest BCUT2D eigenvalue weighted by Gasteiger charge is 2.21. The minimum absolute atomic E-state index is 0.00111. The molecule has 0 amide bonds. The van der Waals surface area contributed by atoms with E-state index in [4.69, 9.17) is 13.9 Å². The van der Waals surface area contributed by atoms with Crippen molar-refractivity contribution in [3.05, 3.63) is 62.1 Å². The molecule has 1 aliphatic heterocycles. The van der Waals surface area contributed by atoms with Crippen LogP contribution in [0.2, 0.25) is 0 Å². The molecule has 2 aromatic carbocycles. The molecule has 138 valence electrons. The Balaban J connectivity index is 1.55. The summed E-state index contributed by atoms with van der Waals surface area (Å²) in [6.07, 6.45) is 0. The van der Waals surface area contributed by atoms with Gasteiger partial charge in [-0.15, -0.1) is 10.2 Å². The standard InChI is InChI=1S/C17H12BrN3O5S/c18-13-3-1-2-10(4-13)16-19-20-17(26-16)27-8-12-6-14(21(22)23)5-11-7-24-9-25-15(11)12/h1-6H,7-9H2. The lowest BCUT2D eigenvalue weighted by Gasteiger charge is -2.20. The number of thioether (sulfide) groups is 1. The van der Waals surface area contributed by atoms with E-state index < -0.39 is 4.92 Å². The van der Waals surface area contributed by atoms with Crippen molar-refractivity contribution in [2.45, 2.75) is 17.6 Å². The molecular formula is C17H12BrN3O5S. The summed E-state index contributed by atoms with van der Waals surface area (Å²) in [7, 11) is 0. The maximum atomic E-state index is 11.2. The van der Waals surface area contributed by atoms with Gasteiger partial charge in [-0.3, -0.25) is 10.1 Å². The zero-order chi connectivity index (χ0) is 18.8. The van der Waals surface area contributed by atoms with Crippen molar-refractivity contribution in [3.63, 3.8) is 0 Å². The van der Waals surface area contributed by atoms with E-state index in [1.54, 1.807) is 0 Å². The predicted molar refractivity (Wildman–Crippen MR) is 100 cm³/mol. The number of nitrogens with zero attached hydrogens (tertiary/aromatic N) is 3. The molecule has 0 radical (unpaired) electrons. The van der Waals surface area contributed by atoms with E-state index in [1.807, 2.05) is 24.3 Å². The van der Waals surface area contributed by atoms with Crippen LogP contribution in [0.25, 0.3) is 11.5 Å². The topological polar surface area (TPSA) is 101 Å². The van der Waals surface area contributed by atoms with Gasteiger partial charge in [-0.25, -0.2) is 0 Å². The van der Waals surface area contributed by atoms with Crippen molar-refractivity contribution in [3.8, 4) is 17.2 Å². The second-order valence-corrected chi connectivity index (χ2v) is 7.48. The number of aromatic nitrogens is 2. The second-order valence-electron chi connectivity index (χ2n) is 5.63.